The summed E-state index contributed by atoms with van der Waals surface area (Å²) >= 11 is 0. The van der Waals surface area contributed by atoms with E-state index in [1.807, 2.05) is 0 Å². The molecule has 0 spiro atoms. The number of aryl methyl sites for hydroxylation is 5. The van der Waals surface area contributed by atoms with Crippen LogP contribution in [0.4, 0.5) is 0 Å². The molecule has 0 saturated carbocycles. The van der Waals surface area contributed by atoms with Crippen LogP contribution in [0.1, 0.15) is 51.9 Å². The molecule has 0 amide bonds. The van der Waals surface area contributed by atoms with Crippen LogP contribution in [0.2, 0.25) is 0 Å². The van der Waals surface area contributed by atoms with E-state index in [4.69, 9.17) is 0 Å². The fourth-order valence-corrected chi connectivity index (χ4v) is 2.81. The van der Waals surface area contributed by atoms with Crippen molar-refractivity contribution in [3.8, 4) is 0 Å². The Hall–Kier alpha value is -1.60. The zero-order valence-corrected chi connectivity index (χ0v) is 14.2. The Morgan fingerprint density at radius 3 is 2.19 bits per heavy atom. The van der Waals surface area contributed by atoms with E-state index in [1.54, 1.807) is 0 Å². The average Bonchev–Trinajstić information content (AvgIpc) is 2.43. The summed E-state index contributed by atoms with van der Waals surface area (Å²) in [6.45, 7) is 14.1. The maximum Gasteiger partial charge on any atom is 0.0297 e. The van der Waals surface area contributed by atoms with Crippen molar-refractivity contribution < 1.29 is 0 Å². The SMILES string of the molecule is Cc1ccc(C)c(C(C)NCc2cc(C)c(C)cc2C)c1. The van der Waals surface area contributed by atoms with Crippen molar-refractivity contribution in [1.82, 2.24) is 5.32 Å². The quantitative estimate of drug-likeness (QED) is 0.824. The smallest absolute Gasteiger partial charge is 0.0297 e. The van der Waals surface area contributed by atoms with Crippen LogP contribution < -0.4 is 5.32 Å². The molecule has 2 rings (SSSR count). The van der Waals surface area contributed by atoms with Crippen LogP contribution in [0.15, 0.2) is 30.3 Å². The first kappa shape index (κ1) is 15.8. The van der Waals surface area contributed by atoms with Crippen LogP contribution in [0.5, 0.6) is 0 Å². The topological polar surface area (TPSA) is 12.0 Å². The van der Waals surface area contributed by atoms with Crippen molar-refractivity contribution in [3.05, 3.63) is 69.3 Å². The van der Waals surface area contributed by atoms with Crippen LogP contribution in [0, 0.1) is 34.6 Å². The molecule has 0 aliphatic heterocycles. The van der Waals surface area contributed by atoms with Crippen molar-refractivity contribution in [3.63, 3.8) is 0 Å². The van der Waals surface area contributed by atoms with Crippen LogP contribution in [0.3, 0.4) is 0 Å². The molecule has 2 aromatic rings. The minimum atomic E-state index is 0.367. The number of hydrogen-bond donors (Lipinski definition) is 1. The van der Waals surface area contributed by atoms with Gasteiger partial charge in [0.2, 0.25) is 0 Å². The highest BCUT2D eigenvalue weighted by Gasteiger charge is 2.09. The van der Waals surface area contributed by atoms with E-state index in [1.165, 1.54) is 38.9 Å². The molecule has 0 aromatic heterocycles. The normalized spacial score (nSPS) is 12.5. The molecule has 0 bridgehead atoms. The van der Waals surface area contributed by atoms with Gasteiger partial charge in [0, 0.05) is 12.6 Å². The van der Waals surface area contributed by atoms with E-state index in [0.29, 0.717) is 6.04 Å². The Morgan fingerprint density at radius 1 is 0.810 bits per heavy atom. The highest BCUT2D eigenvalue weighted by Crippen LogP contribution is 2.21. The van der Waals surface area contributed by atoms with Gasteiger partial charge in [-0.3, -0.25) is 0 Å². The van der Waals surface area contributed by atoms with Crippen molar-refractivity contribution in [1.29, 1.82) is 0 Å². The maximum atomic E-state index is 3.67. The van der Waals surface area contributed by atoms with E-state index < -0.39 is 0 Å². The summed E-state index contributed by atoms with van der Waals surface area (Å²) < 4.78 is 0. The summed E-state index contributed by atoms with van der Waals surface area (Å²) in [5.74, 6) is 0. The minimum absolute atomic E-state index is 0.367. The van der Waals surface area contributed by atoms with Gasteiger partial charge in [-0.15, -0.1) is 0 Å². The van der Waals surface area contributed by atoms with Crippen LogP contribution in [-0.2, 0) is 6.54 Å². The van der Waals surface area contributed by atoms with Gasteiger partial charge in [0.25, 0.3) is 0 Å². The average molecular weight is 281 g/mol. The van der Waals surface area contributed by atoms with Gasteiger partial charge in [-0.1, -0.05) is 35.9 Å². The maximum absolute atomic E-state index is 3.67. The molecule has 1 unspecified atom stereocenters. The lowest BCUT2D eigenvalue weighted by Gasteiger charge is -2.19. The zero-order chi connectivity index (χ0) is 15.6. The first-order valence-electron chi connectivity index (χ1n) is 7.75. The first-order valence-corrected chi connectivity index (χ1v) is 7.75. The van der Waals surface area contributed by atoms with Crippen molar-refractivity contribution in [2.24, 2.45) is 0 Å². The van der Waals surface area contributed by atoms with Gasteiger partial charge in [-0.05, 0) is 74.9 Å². The predicted molar refractivity (Wildman–Crippen MR) is 91.8 cm³/mol. The standard InChI is InChI=1S/C20H27N/c1-13-7-8-14(2)20(9-13)18(6)21-12-19-11-16(4)15(3)10-17(19)5/h7-11,18,21H,12H2,1-6H3. The fraction of sp³-hybridized carbons (Fsp3) is 0.400. The Morgan fingerprint density at radius 2 is 1.48 bits per heavy atom. The van der Waals surface area contributed by atoms with Gasteiger partial charge in [-0.2, -0.15) is 0 Å². The number of rotatable bonds is 4. The van der Waals surface area contributed by atoms with Gasteiger partial charge >= 0.3 is 0 Å². The second-order valence-electron chi connectivity index (χ2n) is 6.33. The van der Waals surface area contributed by atoms with Gasteiger partial charge < -0.3 is 5.32 Å². The first-order chi connectivity index (χ1) is 9.88. The third-order valence-electron chi connectivity index (χ3n) is 4.45. The molecule has 1 nitrogen and oxygen atoms in total. The zero-order valence-electron chi connectivity index (χ0n) is 14.2. The molecule has 112 valence electrons. The van der Waals surface area contributed by atoms with Crippen LogP contribution in [0.25, 0.3) is 0 Å². The monoisotopic (exact) mass is 281 g/mol. The largest absolute Gasteiger partial charge is 0.306 e. The summed E-state index contributed by atoms with van der Waals surface area (Å²) in [5.41, 5.74) is 9.60. The van der Waals surface area contributed by atoms with E-state index in [9.17, 15) is 0 Å². The lowest BCUT2D eigenvalue weighted by atomic mass is 9.98. The summed E-state index contributed by atoms with van der Waals surface area (Å²) in [5, 5.41) is 3.67. The number of nitrogens with one attached hydrogen (secondary N) is 1. The molecule has 0 radical (unpaired) electrons. The second-order valence-corrected chi connectivity index (χ2v) is 6.33. The molecule has 21 heavy (non-hydrogen) atoms. The van der Waals surface area contributed by atoms with Gasteiger partial charge in [0.05, 0.1) is 0 Å². The molecule has 0 aliphatic carbocycles. The predicted octanol–water partition coefficient (Wildman–Crippen LogP) is 5.08. The lowest BCUT2D eigenvalue weighted by Crippen LogP contribution is -2.19. The lowest BCUT2D eigenvalue weighted by molar-refractivity contribution is 0.570. The molecule has 1 atom stereocenters. The molecule has 0 heterocycles. The highest BCUT2D eigenvalue weighted by molar-refractivity contribution is 5.37. The molecule has 2 aromatic carbocycles. The van der Waals surface area contributed by atoms with Crippen molar-refractivity contribution in [2.75, 3.05) is 0 Å². The summed E-state index contributed by atoms with van der Waals surface area (Å²) in [6.07, 6.45) is 0. The van der Waals surface area contributed by atoms with Gasteiger partial charge in [0.15, 0.2) is 0 Å². The molecular weight excluding hydrogens is 254 g/mol. The Balaban J connectivity index is 2.12. The van der Waals surface area contributed by atoms with E-state index in [0.717, 1.165) is 6.54 Å². The minimum Gasteiger partial charge on any atom is -0.306 e. The van der Waals surface area contributed by atoms with Crippen molar-refractivity contribution in [2.45, 2.75) is 54.1 Å². The molecular formula is C20H27N. The Kier molecular flexibility index (Phi) is 4.84. The number of hydrogen-bond acceptors (Lipinski definition) is 1. The van der Waals surface area contributed by atoms with Gasteiger partial charge in [-0.25, -0.2) is 0 Å². The second kappa shape index (κ2) is 6.44. The highest BCUT2D eigenvalue weighted by atomic mass is 14.9. The molecule has 0 fully saturated rings. The Bertz CT molecular complexity index is 641. The molecule has 0 aliphatic rings. The Labute approximate surface area is 129 Å². The van der Waals surface area contributed by atoms with Crippen LogP contribution >= 0.6 is 0 Å². The fourth-order valence-electron chi connectivity index (χ4n) is 2.81. The van der Waals surface area contributed by atoms with Crippen LogP contribution in [-0.4, -0.2) is 0 Å². The van der Waals surface area contributed by atoms with E-state index >= 15 is 0 Å². The van der Waals surface area contributed by atoms with Crippen molar-refractivity contribution >= 4 is 0 Å². The number of benzene rings is 2. The summed E-state index contributed by atoms with van der Waals surface area (Å²) in [4.78, 5) is 0. The third-order valence-corrected chi connectivity index (χ3v) is 4.45. The molecule has 0 saturated heterocycles. The third kappa shape index (κ3) is 3.74. The summed E-state index contributed by atoms with van der Waals surface area (Å²) in [7, 11) is 0. The van der Waals surface area contributed by atoms with E-state index in [-0.39, 0.29) is 0 Å². The molecule has 1 heteroatoms. The van der Waals surface area contributed by atoms with E-state index in [2.05, 4.69) is 77.2 Å². The van der Waals surface area contributed by atoms with Gasteiger partial charge in [0.1, 0.15) is 0 Å². The molecule has 1 N–H and O–H groups in total. The summed E-state index contributed by atoms with van der Waals surface area (Å²) in [6, 6.07) is 11.7.